The second kappa shape index (κ2) is 9.06. The first kappa shape index (κ1) is 21.5. The maximum absolute atomic E-state index is 12.5. The Balaban J connectivity index is 1.62. The molecule has 0 aliphatic heterocycles. The summed E-state index contributed by atoms with van der Waals surface area (Å²) < 4.78 is 32.1. The molecular formula is C22H22N2O5S. The minimum Gasteiger partial charge on any atom is -0.451 e. The van der Waals surface area contributed by atoms with Crippen molar-refractivity contribution in [2.75, 3.05) is 5.32 Å². The monoisotopic (exact) mass is 426 g/mol. The quantitative estimate of drug-likeness (QED) is 0.566. The number of sulfonamides is 1. The van der Waals surface area contributed by atoms with E-state index >= 15 is 0 Å². The molecule has 0 aliphatic rings. The Kier molecular flexibility index (Phi) is 6.49. The normalized spacial score (nSPS) is 13.4. The molecule has 0 aliphatic carbocycles. The van der Waals surface area contributed by atoms with Crippen molar-refractivity contribution >= 4 is 38.4 Å². The van der Waals surface area contributed by atoms with Gasteiger partial charge in [0.15, 0.2) is 6.10 Å². The van der Waals surface area contributed by atoms with E-state index in [1.165, 1.54) is 26.0 Å². The highest BCUT2D eigenvalue weighted by molar-refractivity contribution is 7.89. The minimum absolute atomic E-state index is 0.0337. The summed E-state index contributed by atoms with van der Waals surface area (Å²) in [5.41, 5.74) is 0.596. The Labute approximate surface area is 175 Å². The maximum atomic E-state index is 12.5. The molecule has 3 rings (SSSR count). The van der Waals surface area contributed by atoms with E-state index < -0.39 is 34.0 Å². The summed E-state index contributed by atoms with van der Waals surface area (Å²) in [6.07, 6.45) is -1.11. The van der Waals surface area contributed by atoms with Crippen LogP contribution in [0.5, 0.6) is 0 Å². The highest BCUT2D eigenvalue weighted by Crippen LogP contribution is 2.23. The van der Waals surface area contributed by atoms with Crippen LogP contribution < -0.4 is 10.0 Å². The lowest BCUT2D eigenvalue weighted by Crippen LogP contribution is -2.42. The molecule has 0 heterocycles. The summed E-state index contributed by atoms with van der Waals surface area (Å²) in [6.45, 7) is 2.79. The number of benzene rings is 3. The standard InChI is InChI=1S/C22H22N2O5S/c1-15(24-30(27,28)18-11-4-3-5-12-18)22(26)29-16(2)21(25)23-20-14-8-10-17-9-6-7-13-19(17)20/h3-16,24H,1-2H3,(H,23,25). The molecule has 30 heavy (non-hydrogen) atoms. The van der Waals surface area contributed by atoms with Crippen LogP contribution in [0.2, 0.25) is 0 Å². The molecular weight excluding hydrogens is 404 g/mol. The van der Waals surface area contributed by atoms with Gasteiger partial charge in [-0.15, -0.1) is 0 Å². The fourth-order valence-corrected chi connectivity index (χ4v) is 4.06. The molecule has 156 valence electrons. The van der Waals surface area contributed by atoms with Gasteiger partial charge in [-0.1, -0.05) is 54.6 Å². The Morgan fingerprint density at radius 3 is 2.23 bits per heavy atom. The van der Waals surface area contributed by atoms with Gasteiger partial charge in [0.1, 0.15) is 6.04 Å². The molecule has 0 radical (unpaired) electrons. The highest BCUT2D eigenvalue weighted by Gasteiger charge is 2.26. The second-order valence-corrected chi connectivity index (χ2v) is 8.47. The third kappa shape index (κ3) is 5.03. The van der Waals surface area contributed by atoms with Crippen molar-refractivity contribution < 1.29 is 22.7 Å². The van der Waals surface area contributed by atoms with Crippen molar-refractivity contribution in [1.82, 2.24) is 4.72 Å². The van der Waals surface area contributed by atoms with E-state index in [9.17, 15) is 18.0 Å². The number of ether oxygens (including phenoxy) is 1. The van der Waals surface area contributed by atoms with Gasteiger partial charge in [0.2, 0.25) is 10.0 Å². The first-order valence-corrected chi connectivity index (χ1v) is 10.8. The van der Waals surface area contributed by atoms with Gasteiger partial charge in [-0.3, -0.25) is 9.59 Å². The van der Waals surface area contributed by atoms with Crippen molar-refractivity contribution in [1.29, 1.82) is 0 Å². The number of anilines is 1. The summed E-state index contributed by atoms with van der Waals surface area (Å²) in [5.74, 6) is -1.37. The van der Waals surface area contributed by atoms with Crippen LogP contribution >= 0.6 is 0 Å². The molecule has 3 aromatic carbocycles. The molecule has 1 amide bonds. The SMILES string of the molecule is CC(NS(=O)(=O)c1ccccc1)C(=O)OC(C)C(=O)Nc1cccc2ccccc12. The molecule has 0 fully saturated rings. The van der Waals surface area contributed by atoms with E-state index in [0.717, 1.165) is 10.8 Å². The highest BCUT2D eigenvalue weighted by atomic mass is 32.2. The molecule has 3 aromatic rings. The molecule has 0 saturated carbocycles. The Bertz CT molecular complexity index is 1160. The minimum atomic E-state index is -3.88. The number of hydrogen-bond acceptors (Lipinski definition) is 5. The van der Waals surface area contributed by atoms with Crippen molar-refractivity contribution in [2.45, 2.75) is 30.9 Å². The van der Waals surface area contributed by atoms with Crippen LogP contribution in [0.3, 0.4) is 0 Å². The van der Waals surface area contributed by atoms with Crippen LogP contribution in [0.15, 0.2) is 77.7 Å². The Hall–Kier alpha value is -3.23. The van der Waals surface area contributed by atoms with Gasteiger partial charge in [0, 0.05) is 11.1 Å². The summed E-state index contributed by atoms with van der Waals surface area (Å²) in [4.78, 5) is 24.8. The zero-order chi connectivity index (χ0) is 21.7. The fourth-order valence-electron chi connectivity index (χ4n) is 2.85. The van der Waals surface area contributed by atoms with Gasteiger partial charge in [-0.25, -0.2) is 8.42 Å². The van der Waals surface area contributed by atoms with E-state index in [-0.39, 0.29) is 4.90 Å². The first-order chi connectivity index (χ1) is 14.3. The van der Waals surface area contributed by atoms with Gasteiger partial charge >= 0.3 is 5.97 Å². The number of carbonyl (C=O) groups excluding carboxylic acids is 2. The van der Waals surface area contributed by atoms with Gasteiger partial charge in [0.05, 0.1) is 4.90 Å². The summed E-state index contributed by atoms with van der Waals surface area (Å²) in [5, 5.41) is 4.57. The van der Waals surface area contributed by atoms with Crippen molar-refractivity contribution in [3.63, 3.8) is 0 Å². The molecule has 0 saturated heterocycles. The van der Waals surface area contributed by atoms with Crippen LogP contribution in [0.25, 0.3) is 10.8 Å². The third-order valence-electron chi connectivity index (χ3n) is 4.45. The Morgan fingerprint density at radius 2 is 1.50 bits per heavy atom. The molecule has 0 bridgehead atoms. The number of fused-ring (bicyclic) bond motifs is 1. The smallest absolute Gasteiger partial charge is 0.324 e. The van der Waals surface area contributed by atoms with E-state index in [2.05, 4.69) is 10.0 Å². The number of esters is 1. The molecule has 7 nitrogen and oxygen atoms in total. The second-order valence-electron chi connectivity index (χ2n) is 6.75. The largest absolute Gasteiger partial charge is 0.451 e. The van der Waals surface area contributed by atoms with E-state index in [1.807, 2.05) is 36.4 Å². The van der Waals surface area contributed by atoms with Crippen LogP contribution in [0.4, 0.5) is 5.69 Å². The van der Waals surface area contributed by atoms with Crippen molar-refractivity contribution in [3.05, 3.63) is 72.8 Å². The van der Waals surface area contributed by atoms with Gasteiger partial charge in [-0.05, 0) is 37.4 Å². The molecule has 2 unspecified atom stereocenters. The average Bonchev–Trinajstić information content (AvgIpc) is 2.74. The summed E-state index contributed by atoms with van der Waals surface area (Å²) >= 11 is 0. The zero-order valence-electron chi connectivity index (χ0n) is 16.5. The topological polar surface area (TPSA) is 102 Å². The fraction of sp³-hybridized carbons (Fsp3) is 0.182. The van der Waals surface area contributed by atoms with E-state index in [1.54, 1.807) is 24.3 Å². The van der Waals surface area contributed by atoms with Crippen LogP contribution in [-0.4, -0.2) is 32.4 Å². The van der Waals surface area contributed by atoms with Crippen molar-refractivity contribution in [2.24, 2.45) is 0 Å². The number of hydrogen-bond donors (Lipinski definition) is 2. The number of carbonyl (C=O) groups is 2. The lowest BCUT2D eigenvalue weighted by molar-refractivity contribution is -0.154. The van der Waals surface area contributed by atoms with Crippen LogP contribution in [-0.2, 0) is 24.3 Å². The molecule has 0 spiro atoms. The lowest BCUT2D eigenvalue weighted by Gasteiger charge is -2.18. The third-order valence-corrected chi connectivity index (χ3v) is 6.01. The van der Waals surface area contributed by atoms with E-state index in [4.69, 9.17) is 4.74 Å². The first-order valence-electron chi connectivity index (χ1n) is 9.34. The zero-order valence-corrected chi connectivity index (χ0v) is 17.3. The lowest BCUT2D eigenvalue weighted by atomic mass is 10.1. The molecule has 2 atom stereocenters. The molecule has 2 N–H and O–H groups in total. The maximum Gasteiger partial charge on any atom is 0.324 e. The molecule has 8 heteroatoms. The predicted octanol–water partition coefficient (Wildman–Crippen LogP) is 3.08. The van der Waals surface area contributed by atoms with Crippen molar-refractivity contribution in [3.8, 4) is 0 Å². The van der Waals surface area contributed by atoms with E-state index in [0.29, 0.717) is 5.69 Å². The van der Waals surface area contributed by atoms with Crippen LogP contribution in [0, 0.1) is 0 Å². The number of amides is 1. The summed E-state index contributed by atoms with van der Waals surface area (Å²) in [6, 6.07) is 19.6. The van der Waals surface area contributed by atoms with Gasteiger partial charge in [0.25, 0.3) is 5.91 Å². The molecule has 0 aromatic heterocycles. The van der Waals surface area contributed by atoms with Gasteiger partial charge in [-0.2, -0.15) is 4.72 Å². The average molecular weight is 426 g/mol. The van der Waals surface area contributed by atoms with Crippen LogP contribution in [0.1, 0.15) is 13.8 Å². The number of rotatable bonds is 7. The number of nitrogens with one attached hydrogen (secondary N) is 2. The Morgan fingerprint density at radius 1 is 0.867 bits per heavy atom. The van der Waals surface area contributed by atoms with Gasteiger partial charge < -0.3 is 10.1 Å². The summed E-state index contributed by atoms with van der Waals surface area (Å²) in [7, 11) is -3.88. The predicted molar refractivity (Wildman–Crippen MR) is 114 cm³/mol.